The Balaban J connectivity index is 1.83. The number of piperazine rings is 1. The van der Waals surface area contributed by atoms with E-state index in [4.69, 9.17) is 114 Å². The first-order valence-corrected chi connectivity index (χ1v) is 45.0. The maximum atomic E-state index is 13.9. The van der Waals surface area contributed by atoms with Crippen LogP contribution >= 0.6 is 0 Å². The SMILES string of the molecule is CCCCCCCCCCCC(=O)NCCCCCC(=O)N[C@H](C(=O)N[C@@H](CCCCNC(=O)CCOCCOCCOCCOCCOCCOCCOCCOCCOCCOCCOCCOCCOCCOCCOCCOCCOCCOCCOCCOCCOCCOCCOCCOC)C(=O)N1CCN(C)CC1)[C@@H](C)CC. The molecule has 1 rings (SSSR count). The van der Waals surface area contributed by atoms with Gasteiger partial charge in [0.05, 0.1) is 311 Å². The molecule has 0 spiro atoms. The average molecular weight is 1740 g/mol. The molecule has 0 saturated carbocycles. The van der Waals surface area contributed by atoms with E-state index >= 15 is 0 Å². The van der Waals surface area contributed by atoms with E-state index < -0.39 is 12.1 Å². The van der Waals surface area contributed by atoms with E-state index in [-0.39, 0.29) is 54.9 Å². The number of amides is 5. The van der Waals surface area contributed by atoms with Crippen LogP contribution in [0, 0.1) is 5.92 Å². The molecule has 710 valence electrons. The Labute approximate surface area is 720 Å². The summed E-state index contributed by atoms with van der Waals surface area (Å²) in [4.78, 5) is 69.9. The van der Waals surface area contributed by atoms with Crippen LogP contribution in [0.5, 0.6) is 0 Å². The monoisotopic (exact) mass is 1740 g/mol. The third-order valence-electron chi connectivity index (χ3n) is 18.5. The number of carbonyl (C=O) groups excluding carboxylic acids is 5. The maximum Gasteiger partial charge on any atom is 0.245 e. The van der Waals surface area contributed by atoms with Crippen LogP contribution in [-0.4, -0.2) is 415 Å². The Morgan fingerprint density at radius 3 is 0.825 bits per heavy atom. The summed E-state index contributed by atoms with van der Waals surface area (Å²) >= 11 is 0. The third-order valence-corrected chi connectivity index (χ3v) is 18.5. The predicted octanol–water partition coefficient (Wildman–Crippen LogP) is 5.08. The van der Waals surface area contributed by atoms with Crippen molar-refractivity contribution in [2.75, 3.05) is 364 Å². The largest absolute Gasteiger partial charge is 0.382 e. The first-order valence-electron chi connectivity index (χ1n) is 45.0. The molecule has 35 nitrogen and oxygen atoms in total. The number of rotatable bonds is 99. The fourth-order valence-corrected chi connectivity index (χ4v) is 11.3. The molecule has 0 radical (unpaired) electrons. The molecule has 0 aromatic heterocycles. The van der Waals surface area contributed by atoms with Crippen LogP contribution in [0.4, 0.5) is 0 Å². The Morgan fingerprint density at radius 1 is 0.283 bits per heavy atom. The number of nitrogens with one attached hydrogen (secondary N) is 4. The van der Waals surface area contributed by atoms with Crippen molar-refractivity contribution in [2.45, 2.75) is 155 Å². The number of carbonyl (C=O) groups is 5. The van der Waals surface area contributed by atoms with E-state index in [1.54, 1.807) is 12.0 Å². The maximum absolute atomic E-state index is 13.9. The summed E-state index contributed by atoms with van der Waals surface area (Å²) in [5.41, 5.74) is 0. The Hall–Kier alpha value is -3.65. The van der Waals surface area contributed by atoms with Crippen molar-refractivity contribution in [3.8, 4) is 0 Å². The molecule has 0 aromatic rings. The van der Waals surface area contributed by atoms with Gasteiger partial charge in [-0.2, -0.15) is 0 Å². The van der Waals surface area contributed by atoms with Gasteiger partial charge < -0.3 is 145 Å². The van der Waals surface area contributed by atoms with Gasteiger partial charge in [-0.3, -0.25) is 24.0 Å². The lowest BCUT2D eigenvalue weighted by atomic mass is 9.97. The van der Waals surface area contributed by atoms with Gasteiger partial charge in [-0.05, 0) is 51.5 Å². The van der Waals surface area contributed by atoms with Gasteiger partial charge in [0.15, 0.2) is 0 Å². The van der Waals surface area contributed by atoms with Crippen LogP contribution in [0.1, 0.15) is 143 Å². The van der Waals surface area contributed by atoms with E-state index in [2.05, 4.69) is 33.1 Å². The Kier molecular flexibility index (Phi) is 90.0. The van der Waals surface area contributed by atoms with Gasteiger partial charge in [0.2, 0.25) is 29.5 Å². The second-order valence-electron chi connectivity index (χ2n) is 28.5. The molecule has 0 aliphatic carbocycles. The van der Waals surface area contributed by atoms with Crippen LogP contribution in [0.25, 0.3) is 0 Å². The third kappa shape index (κ3) is 82.6. The summed E-state index contributed by atoms with van der Waals surface area (Å²) in [6.45, 7) is 31.8. The highest BCUT2D eigenvalue weighted by atomic mass is 16.6. The van der Waals surface area contributed by atoms with E-state index in [0.29, 0.717) is 369 Å². The van der Waals surface area contributed by atoms with Crippen molar-refractivity contribution >= 4 is 29.5 Å². The van der Waals surface area contributed by atoms with Crippen molar-refractivity contribution in [2.24, 2.45) is 5.92 Å². The summed E-state index contributed by atoms with van der Waals surface area (Å²) in [7, 11) is 3.66. The van der Waals surface area contributed by atoms with Crippen molar-refractivity contribution in [1.29, 1.82) is 0 Å². The van der Waals surface area contributed by atoms with Crippen LogP contribution in [-0.2, 0) is 138 Å². The zero-order valence-electron chi connectivity index (χ0n) is 74.9. The highest BCUT2D eigenvalue weighted by Gasteiger charge is 2.32. The standard InChI is InChI=1S/C85H166N6O29/c1-6-8-9-10-11-12-13-14-16-22-80(92)86-25-19-15-17-23-82(94)89-83(78(3)7-2)84(95)88-79(85(96)91-29-27-90(4)28-30-91)21-18-20-26-87-81(93)24-31-98-34-35-100-38-39-102-42-43-104-46-47-106-50-51-108-54-55-110-58-59-112-62-63-114-66-67-116-70-71-118-74-75-120-77-76-119-73-72-117-69-68-115-65-64-113-61-60-111-57-56-109-53-52-107-49-48-105-45-44-103-41-40-101-37-36-99-33-32-97-5/h78-79,83H,6-77H2,1-5H3,(H,86,92)(H,87,93)(H,88,95)(H,89,94)/t78-,79-,83-/m0/s1. The van der Waals surface area contributed by atoms with Crippen molar-refractivity contribution in [3.63, 3.8) is 0 Å². The minimum absolute atomic E-state index is 0.0890. The van der Waals surface area contributed by atoms with Gasteiger partial charge in [-0.25, -0.2) is 0 Å². The number of methoxy groups -OCH3 is 1. The fourth-order valence-electron chi connectivity index (χ4n) is 11.3. The fraction of sp³-hybridized carbons (Fsp3) is 0.941. The normalized spacial score (nSPS) is 13.3. The van der Waals surface area contributed by atoms with Crippen LogP contribution in [0.3, 0.4) is 0 Å². The highest BCUT2D eigenvalue weighted by Crippen LogP contribution is 2.15. The molecule has 0 unspecified atom stereocenters. The van der Waals surface area contributed by atoms with Gasteiger partial charge >= 0.3 is 0 Å². The van der Waals surface area contributed by atoms with Crippen LogP contribution in [0.15, 0.2) is 0 Å². The minimum Gasteiger partial charge on any atom is -0.382 e. The number of ether oxygens (including phenoxy) is 24. The van der Waals surface area contributed by atoms with Crippen molar-refractivity contribution < 1.29 is 138 Å². The predicted molar refractivity (Wildman–Crippen MR) is 453 cm³/mol. The summed E-state index contributed by atoms with van der Waals surface area (Å²) in [5.74, 6) is -0.910. The molecule has 5 amide bonds. The molecule has 3 atom stereocenters. The quantitative estimate of drug-likeness (QED) is 0.0577. The second kappa shape index (κ2) is 94.5. The molecular weight excluding hydrogens is 1570 g/mol. The molecule has 1 aliphatic heterocycles. The number of hydrogen-bond acceptors (Lipinski definition) is 30. The zero-order valence-corrected chi connectivity index (χ0v) is 74.9. The molecule has 120 heavy (non-hydrogen) atoms. The van der Waals surface area contributed by atoms with Gasteiger partial charge in [-0.1, -0.05) is 85.0 Å². The average Bonchev–Trinajstić information content (AvgIpc) is 0.846. The molecule has 1 aliphatic rings. The Morgan fingerprint density at radius 2 is 0.533 bits per heavy atom. The number of nitrogens with zero attached hydrogens (tertiary/aromatic N) is 2. The summed E-state index contributed by atoms with van der Waals surface area (Å²) in [6.07, 6.45) is 16.4. The highest BCUT2D eigenvalue weighted by molar-refractivity contribution is 5.92. The molecule has 0 bridgehead atoms. The lowest BCUT2D eigenvalue weighted by molar-refractivity contribution is -0.139. The van der Waals surface area contributed by atoms with E-state index in [0.717, 1.165) is 38.8 Å². The van der Waals surface area contributed by atoms with E-state index in [1.165, 1.54) is 44.9 Å². The van der Waals surface area contributed by atoms with Gasteiger partial charge in [0, 0.05) is 65.6 Å². The van der Waals surface area contributed by atoms with E-state index in [9.17, 15) is 24.0 Å². The zero-order chi connectivity index (χ0) is 86.5. The number of unbranched alkanes of at least 4 members (excludes halogenated alkanes) is 11. The van der Waals surface area contributed by atoms with Gasteiger partial charge in [-0.15, -0.1) is 0 Å². The van der Waals surface area contributed by atoms with Gasteiger partial charge in [0.1, 0.15) is 12.1 Å². The summed E-state index contributed by atoms with van der Waals surface area (Å²) < 4.78 is 132. The van der Waals surface area contributed by atoms with Crippen molar-refractivity contribution in [1.82, 2.24) is 31.1 Å². The molecule has 0 aromatic carbocycles. The summed E-state index contributed by atoms with van der Waals surface area (Å²) in [6, 6.07) is -1.55. The van der Waals surface area contributed by atoms with Gasteiger partial charge in [0.25, 0.3) is 0 Å². The van der Waals surface area contributed by atoms with Crippen LogP contribution in [0.2, 0.25) is 0 Å². The first-order chi connectivity index (χ1) is 59.1. The topological polar surface area (TPSA) is 361 Å². The molecular formula is C85H166N6O29. The van der Waals surface area contributed by atoms with E-state index in [1.807, 2.05) is 20.9 Å². The minimum atomic E-state index is -0.790. The number of hydrogen-bond donors (Lipinski definition) is 4. The Bertz CT molecular complexity index is 2180. The van der Waals surface area contributed by atoms with Crippen LogP contribution < -0.4 is 21.3 Å². The molecule has 1 saturated heterocycles. The lowest BCUT2D eigenvalue weighted by Crippen LogP contribution is -2.58. The second-order valence-corrected chi connectivity index (χ2v) is 28.5. The summed E-state index contributed by atoms with van der Waals surface area (Å²) in [5, 5.41) is 11.9. The van der Waals surface area contributed by atoms with Crippen molar-refractivity contribution in [3.05, 3.63) is 0 Å². The molecule has 35 heteroatoms. The molecule has 1 heterocycles. The lowest BCUT2D eigenvalue weighted by Gasteiger charge is -2.35. The smallest absolute Gasteiger partial charge is 0.245 e. The number of likely N-dealkylation sites (N-methyl/N-ethyl adjacent to an activating group) is 1. The molecule has 1 fully saturated rings. The molecule has 4 N–H and O–H groups in total. The first kappa shape index (κ1) is 114.